The van der Waals surface area contributed by atoms with Crippen molar-refractivity contribution < 1.29 is 12.8 Å². The van der Waals surface area contributed by atoms with Gasteiger partial charge in [-0.05, 0) is 31.5 Å². The van der Waals surface area contributed by atoms with E-state index in [0.29, 0.717) is 5.56 Å². The summed E-state index contributed by atoms with van der Waals surface area (Å²) in [5.74, 6) is 1.78. The molecule has 0 aliphatic carbocycles. The summed E-state index contributed by atoms with van der Waals surface area (Å²) in [6.45, 7) is 3.27. The van der Waals surface area contributed by atoms with Gasteiger partial charge in [0.15, 0.2) is 0 Å². The van der Waals surface area contributed by atoms with Gasteiger partial charge in [0.2, 0.25) is 10.0 Å². The highest BCUT2D eigenvalue weighted by Gasteiger charge is 2.19. The van der Waals surface area contributed by atoms with Crippen LogP contribution in [0.25, 0.3) is 0 Å². The van der Waals surface area contributed by atoms with E-state index in [4.69, 9.17) is 6.42 Å². The third-order valence-corrected chi connectivity index (χ3v) is 3.95. The molecule has 1 unspecified atom stereocenters. The molecule has 1 aromatic carbocycles. The summed E-state index contributed by atoms with van der Waals surface area (Å²) < 4.78 is 39.3. The smallest absolute Gasteiger partial charge is 0.207 e. The van der Waals surface area contributed by atoms with Gasteiger partial charge in [-0.3, -0.25) is 0 Å². The third-order valence-electron chi connectivity index (χ3n) is 2.22. The van der Waals surface area contributed by atoms with Crippen LogP contribution in [-0.4, -0.2) is 14.5 Å². The molecule has 0 heterocycles. The lowest BCUT2D eigenvalue weighted by Crippen LogP contribution is -2.32. The van der Waals surface area contributed by atoms with Gasteiger partial charge in [0.1, 0.15) is 5.82 Å². The summed E-state index contributed by atoms with van der Waals surface area (Å²) in [5.41, 5.74) is 0.492. The van der Waals surface area contributed by atoms with Crippen molar-refractivity contribution >= 4 is 10.0 Å². The number of hydrogen-bond donors (Lipinski definition) is 1. The second-order valence-corrected chi connectivity index (χ2v) is 5.52. The highest BCUT2D eigenvalue weighted by molar-refractivity contribution is 7.89. The maximum Gasteiger partial charge on any atom is 0.241 e. The molecule has 1 atom stereocenters. The molecular formula is C12H14FNO2S. The van der Waals surface area contributed by atoms with Crippen LogP contribution < -0.4 is 4.72 Å². The van der Waals surface area contributed by atoms with Crippen LogP contribution in [0.3, 0.4) is 0 Å². The first kappa shape index (κ1) is 13.7. The largest absolute Gasteiger partial charge is 0.241 e. The summed E-state index contributed by atoms with van der Waals surface area (Å²) in [6, 6.07) is 3.27. The first-order valence-corrected chi connectivity index (χ1v) is 6.57. The Morgan fingerprint density at radius 2 is 2.18 bits per heavy atom. The first-order chi connectivity index (χ1) is 7.86. The Hall–Kier alpha value is -1.38. The van der Waals surface area contributed by atoms with Gasteiger partial charge in [0, 0.05) is 12.5 Å². The van der Waals surface area contributed by atoms with Crippen molar-refractivity contribution in [2.45, 2.75) is 31.2 Å². The maximum atomic E-state index is 13.0. The molecule has 5 heteroatoms. The van der Waals surface area contributed by atoms with Crippen LogP contribution in [0.15, 0.2) is 23.1 Å². The van der Waals surface area contributed by atoms with Crippen LogP contribution in [-0.2, 0) is 10.0 Å². The lowest BCUT2D eigenvalue weighted by Gasteiger charge is -2.13. The molecule has 0 radical (unpaired) electrons. The van der Waals surface area contributed by atoms with Crippen molar-refractivity contribution in [1.29, 1.82) is 0 Å². The van der Waals surface area contributed by atoms with E-state index >= 15 is 0 Å². The molecule has 0 spiro atoms. The standard InChI is InChI=1S/C12H14FNO2S/c1-4-5-10(3)14-17(15,16)12-8-11(13)7-6-9(12)2/h1,6-8,10,14H,5H2,2-3H3. The summed E-state index contributed by atoms with van der Waals surface area (Å²) in [4.78, 5) is -0.0543. The van der Waals surface area contributed by atoms with Gasteiger partial charge < -0.3 is 0 Å². The molecule has 0 aliphatic rings. The van der Waals surface area contributed by atoms with Crippen molar-refractivity contribution in [1.82, 2.24) is 4.72 Å². The SMILES string of the molecule is C#CCC(C)NS(=O)(=O)c1cc(F)ccc1C. The minimum absolute atomic E-state index is 0.0543. The van der Waals surface area contributed by atoms with E-state index in [2.05, 4.69) is 10.6 Å². The van der Waals surface area contributed by atoms with Crippen LogP contribution >= 0.6 is 0 Å². The van der Waals surface area contributed by atoms with Crippen LogP contribution in [0, 0.1) is 25.1 Å². The lowest BCUT2D eigenvalue weighted by atomic mass is 10.2. The van der Waals surface area contributed by atoms with Crippen molar-refractivity contribution in [2.75, 3.05) is 0 Å². The van der Waals surface area contributed by atoms with Gasteiger partial charge in [-0.25, -0.2) is 17.5 Å². The molecule has 1 aromatic rings. The van der Waals surface area contributed by atoms with E-state index in [9.17, 15) is 12.8 Å². The molecule has 0 bridgehead atoms. The molecule has 0 amide bonds. The molecule has 0 aromatic heterocycles. The van der Waals surface area contributed by atoms with Crippen molar-refractivity contribution in [3.8, 4) is 12.3 Å². The Morgan fingerprint density at radius 3 is 2.76 bits per heavy atom. The molecule has 0 saturated heterocycles. The fourth-order valence-corrected chi connectivity index (χ4v) is 2.91. The maximum absolute atomic E-state index is 13.0. The number of aryl methyl sites for hydroxylation is 1. The summed E-state index contributed by atoms with van der Waals surface area (Å²) in [7, 11) is -3.72. The molecule has 0 saturated carbocycles. The fourth-order valence-electron chi connectivity index (χ4n) is 1.41. The first-order valence-electron chi connectivity index (χ1n) is 5.09. The van der Waals surface area contributed by atoms with E-state index in [-0.39, 0.29) is 17.4 Å². The topological polar surface area (TPSA) is 46.2 Å². The predicted octanol–water partition coefficient (Wildman–Crippen LogP) is 1.82. The zero-order valence-electron chi connectivity index (χ0n) is 9.70. The van der Waals surface area contributed by atoms with Gasteiger partial charge in [0.25, 0.3) is 0 Å². The van der Waals surface area contributed by atoms with Gasteiger partial charge in [0.05, 0.1) is 4.90 Å². The normalized spacial score (nSPS) is 13.1. The summed E-state index contributed by atoms with van der Waals surface area (Å²) in [6.07, 6.45) is 5.38. The second-order valence-electron chi connectivity index (χ2n) is 3.84. The number of nitrogens with one attached hydrogen (secondary N) is 1. The van der Waals surface area contributed by atoms with Crippen LogP contribution in [0.1, 0.15) is 18.9 Å². The average Bonchev–Trinajstić information content (AvgIpc) is 2.21. The molecule has 3 nitrogen and oxygen atoms in total. The van der Waals surface area contributed by atoms with E-state index in [1.165, 1.54) is 12.1 Å². The quantitative estimate of drug-likeness (QED) is 0.834. The Kier molecular flexibility index (Phi) is 4.27. The summed E-state index contributed by atoms with van der Waals surface area (Å²) >= 11 is 0. The molecule has 1 rings (SSSR count). The molecule has 0 aliphatic heterocycles. The number of halogens is 1. The number of hydrogen-bond acceptors (Lipinski definition) is 2. The van der Waals surface area contributed by atoms with Gasteiger partial charge in [-0.2, -0.15) is 0 Å². The predicted molar refractivity (Wildman–Crippen MR) is 64.4 cm³/mol. The molecule has 0 fully saturated rings. The highest BCUT2D eigenvalue weighted by Crippen LogP contribution is 2.16. The monoisotopic (exact) mass is 255 g/mol. The molecule has 92 valence electrons. The number of terminal acetylenes is 1. The van der Waals surface area contributed by atoms with Gasteiger partial charge in [-0.1, -0.05) is 6.07 Å². The lowest BCUT2D eigenvalue weighted by molar-refractivity contribution is 0.560. The Morgan fingerprint density at radius 1 is 1.53 bits per heavy atom. The molecule has 1 N–H and O–H groups in total. The summed E-state index contributed by atoms with van der Waals surface area (Å²) in [5, 5.41) is 0. The third kappa shape index (κ3) is 3.55. The number of benzene rings is 1. The Balaban J connectivity index is 3.06. The van der Waals surface area contributed by atoms with Crippen molar-refractivity contribution in [3.05, 3.63) is 29.6 Å². The minimum atomic E-state index is -3.72. The van der Waals surface area contributed by atoms with Crippen molar-refractivity contribution in [2.24, 2.45) is 0 Å². The van der Waals surface area contributed by atoms with Gasteiger partial charge in [-0.15, -0.1) is 12.3 Å². The van der Waals surface area contributed by atoms with Crippen LogP contribution in [0.5, 0.6) is 0 Å². The molecule has 17 heavy (non-hydrogen) atoms. The molecular weight excluding hydrogens is 241 g/mol. The fraction of sp³-hybridized carbons (Fsp3) is 0.333. The van der Waals surface area contributed by atoms with E-state index < -0.39 is 15.8 Å². The van der Waals surface area contributed by atoms with E-state index in [0.717, 1.165) is 6.07 Å². The zero-order valence-corrected chi connectivity index (χ0v) is 10.5. The van der Waals surface area contributed by atoms with Crippen LogP contribution in [0.4, 0.5) is 4.39 Å². The second kappa shape index (κ2) is 5.30. The Bertz CT molecular complexity index is 546. The number of rotatable bonds is 4. The zero-order chi connectivity index (χ0) is 13.1. The van der Waals surface area contributed by atoms with Crippen molar-refractivity contribution in [3.63, 3.8) is 0 Å². The van der Waals surface area contributed by atoms with E-state index in [1.807, 2.05) is 0 Å². The Labute approximate surface area is 101 Å². The van der Waals surface area contributed by atoms with Gasteiger partial charge >= 0.3 is 0 Å². The number of sulfonamides is 1. The average molecular weight is 255 g/mol. The minimum Gasteiger partial charge on any atom is -0.207 e. The van der Waals surface area contributed by atoms with E-state index in [1.54, 1.807) is 13.8 Å². The highest BCUT2D eigenvalue weighted by atomic mass is 32.2. The van der Waals surface area contributed by atoms with Crippen LogP contribution in [0.2, 0.25) is 0 Å².